The summed E-state index contributed by atoms with van der Waals surface area (Å²) in [6.45, 7) is 3.44. The van der Waals surface area contributed by atoms with Crippen molar-refractivity contribution in [3.8, 4) is 34.5 Å². The van der Waals surface area contributed by atoms with Crippen molar-refractivity contribution in [1.82, 2.24) is 44.6 Å². The van der Waals surface area contributed by atoms with Gasteiger partial charge in [-0.25, -0.2) is 78.2 Å². The molecule has 0 aliphatic carbocycles. The Morgan fingerprint density at radius 1 is 0.429 bits per heavy atom. The lowest BCUT2D eigenvalue weighted by molar-refractivity contribution is -0.170. The molecule has 0 saturated carbocycles. The SMILES string of the molecule is [2H]C([2H])([2H])Oc1cc2ncnc(Nc3ccc(C)c(Cl)c3F)c2cc1O[C@H]1CCN(C2COC2)CC1(F)F.[2H]C([2H])([2H])Oc1cc2ncnc(Nc3ccc(F)c(Cl)c3F)c2cc1OC1CCN(C2COC2)CC1(F)F.[2H]C([2H])([2H])Oc1cc2ncnc(Nc3ccc(F)c(Cl)c3F)c2cc1O[C@@H]1CCN(C2COC2)CC1(F)F. The van der Waals surface area contributed by atoms with Crippen molar-refractivity contribution in [1.29, 1.82) is 0 Å². The highest BCUT2D eigenvalue weighted by Gasteiger charge is 2.52. The predicted octanol–water partition coefficient (Wildman–Crippen LogP) is 14.6. The highest BCUT2D eigenvalue weighted by molar-refractivity contribution is 6.32. The molecule has 9 aromatic rings. The summed E-state index contributed by atoms with van der Waals surface area (Å²) in [7, 11) is -8.70. The molecule has 3 atom stereocenters. The number of halogens is 14. The summed E-state index contributed by atoms with van der Waals surface area (Å²) in [5.74, 6) is -16.1. The summed E-state index contributed by atoms with van der Waals surface area (Å²) in [6, 6.07) is 14.5. The van der Waals surface area contributed by atoms with Gasteiger partial charge in [-0.05, 0) is 61.0 Å². The summed E-state index contributed by atoms with van der Waals surface area (Å²) in [6.07, 6.45) is -1.36. The van der Waals surface area contributed by atoms with E-state index in [0.717, 1.165) is 36.9 Å². The molecule has 105 heavy (non-hydrogen) atoms. The van der Waals surface area contributed by atoms with Crippen LogP contribution in [0.25, 0.3) is 32.7 Å². The van der Waals surface area contributed by atoms with E-state index in [0.29, 0.717) is 64.8 Å². The van der Waals surface area contributed by atoms with Crippen LogP contribution in [0.3, 0.4) is 0 Å². The second kappa shape index (κ2) is 31.1. The van der Waals surface area contributed by atoms with Gasteiger partial charge in [0.1, 0.15) is 58.1 Å². The topological polar surface area (TPSA) is 206 Å². The van der Waals surface area contributed by atoms with E-state index in [1.165, 1.54) is 48.8 Å². The molecule has 3 aromatic heterocycles. The van der Waals surface area contributed by atoms with Crippen molar-refractivity contribution < 1.29 is 103 Å². The van der Waals surface area contributed by atoms with Gasteiger partial charge in [-0.2, -0.15) is 0 Å². The van der Waals surface area contributed by atoms with Crippen molar-refractivity contribution in [3.05, 3.63) is 141 Å². The molecule has 0 spiro atoms. The normalized spacial score (nSPS) is 22.1. The van der Waals surface area contributed by atoms with E-state index in [2.05, 4.69) is 45.9 Å². The fourth-order valence-electron chi connectivity index (χ4n) is 12.3. The third kappa shape index (κ3) is 16.0. The molecular formula is C70H66Cl3F11N12O9. The fraction of sp³-hybridized carbons (Fsp3) is 0.400. The number of piperidine rings is 3. The van der Waals surface area contributed by atoms with Gasteiger partial charge in [-0.3, -0.25) is 14.7 Å². The van der Waals surface area contributed by atoms with Crippen LogP contribution in [0.2, 0.25) is 15.1 Å². The summed E-state index contributed by atoms with van der Waals surface area (Å²) < 4.78 is 277. The Hall–Kier alpha value is -8.60. The summed E-state index contributed by atoms with van der Waals surface area (Å²) in [5, 5.41) is 7.30. The predicted molar refractivity (Wildman–Crippen MR) is 367 cm³/mol. The Labute approximate surface area is 620 Å². The minimum absolute atomic E-state index is 0.00177. The van der Waals surface area contributed by atoms with Gasteiger partial charge in [0.25, 0.3) is 17.8 Å². The number of aromatic nitrogens is 6. The van der Waals surface area contributed by atoms with Crippen LogP contribution in [-0.2, 0) is 14.2 Å². The van der Waals surface area contributed by atoms with Gasteiger partial charge in [0, 0.05) is 73.3 Å². The fourth-order valence-corrected chi connectivity index (χ4v) is 12.8. The van der Waals surface area contributed by atoms with Crippen LogP contribution in [0.5, 0.6) is 34.5 Å². The number of likely N-dealkylation sites (tertiary alicyclic amines) is 3. The lowest BCUT2D eigenvalue weighted by atomic mass is 10.0. The molecule has 6 aliphatic heterocycles. The Bertz CT molecular complexity index is 4580. The zero-order valence-corrected chi connectivity index (χ0v) is 57.0. The lowest BCUT2D eigenvalue weighted by Crippen LogP contribution is -2.60. The van der Waals surface area contributed by atoms with Gasteiger partial charge in [-0.1, -0.05) is 40.9 Å². The van der Waals surface area contributed by atoms with E-state index >= 15 is 26.3 Å². The first-order chi connectivity index (χ1) is 53.7. The Morgan fingerprint density at radius 2 is 0.733 bits per heavy atom. The van der Waals surface area contributed by atoms with Crippen LogP contribution in [0.15, 0.2) is 91.8 Å². The number of anilines is 6. The Balaban J connectivity index is 0.000000149. The average Bonchev–Trinajstić information content (AvgIpc) is 0.777. The van der Waals surface area contributed by atoms with Crippen molar-refractivity contribution >= 4 is 102 Å². The van der Waals surface area contributed by atoms with Gasteiger partial charge in [-0.15, -0.1) is 0 Å². The van der Waals surface area contributed by atoms with Crippen LogP contribution in [-0.4, -0.2) is 199 Å². The summed E-state index contributed by atoms with van der Waals surface area (Å²) >= 11 is 17.4. The first-order valence-electron chi connectivity index (χ1n) is 36.8. The van der Waals surface area contributed by atoms with E-state index in [1.54, 1.807) is 27.7 Å². The molecule has 6 fully saturated rings. The van der Waals surface area contributed by atoms with Crippen LogP contribution in [0.1, 0.15) is 37.2 Å². The average molecular weight is 1540 g/mol. The smallest absolute Gasteiger partial charge is 0.296 e. The largest absolute Gasteiger partial charge is 0.493 e. The molecule has 0 radical (unpaired) electrons. The first kappa shape index (κ1) is 63.7. The Morgan fingerprint density at radius 3 is 1.02 bits per heavy atom. The number of hydrogen-bond acceptors (Lipinski definition) is 21. The van der Waals surface area contributed by atoms with Gasteiger partial charge >= 0.3 is 0 Å². The number of hydrogen-bond donors (Lipinski definition) is 3. The van der Waals surface area contributed by atoms with E-state index < -0.39 is 116 Å². The highest BCUT2D eigenvalue weighted by atomic mass is 35.5. The van der Waals surface area contributed by atoms with E-state index in [-0.39, 0.29) is 144 Å². The first-order valence-corrected chi connectivity index (χ1v) is 33.4. The summed E-state index contributed by atoms with van der Waals surface area (Å²) in [4.78, 5) is 29.5. The van der Waals surface area contributed by atoms with Crippen molar-refractivity contribution in [2.24, 2.45) is 0 Å². The number of aryl methyl sites for hydroxylation is 1. The van der Waals surface area contributed by atoms with Gasteiger partial charge in [0.2, 0.25) is 0 Å². The van der Waals surface area contributed by atoms with E-state index in [4.69, 9.17) is 89.8 Å². The molecule has 0 bridgehead atoms. The number of methoxy groups -OCH3 is 3. The molecule has 6 aliphatic rings. The standard InChI is InChI=1S/C24H24ClF3N4O3.2C23H21ClF4N4O3/c1-13-3-4-16(22(26)21(13)25)31-23-15-7-19(18(33-2)8-17(15)29-12-30-23)35-20-5-6-32(11-24(20,27)28)14-9-34-10-14;2*1-33-17-7-16-13(22(30-11-29-16)31-15-3-2-14(25)20(24)21(15)26)6-18(17)35-19-4-5-32(10-23(19,27)28)12-8-34-9-12/h3-4,7-8,12,14,20H,5-6,9-11H2,1-2H3,(H,29,30,31);2*2-3,6-7,11-12,19H,4-5,8-10H2,1H3,(H,29,30,31)/t20-;19-;/m01./s1/i2D3;2*1D3. The van der Waals surface area contributed by atoms with E-state index in [1.807, 2.05) is 0 Å². The maximum absolute atomic E-state index is 15.1. The molecule has 35 heteroatoms. The lowest BCUT2D eigenvalue weighted by Gasteiger charge is -2.44. The molecule has 3 N–H and O–H groups in total. The number of rotatable bonds is 18. The molecule has 15 rings (SSSR count). The van der Waals surface area contributed by atoms with Crippen LogP contribution < -0.4 is 44.4 Å². The third-order valence-electron chi connectivity index (χ3n) is 18.4. The zero-order valence-electron chi connectivity index (χ0n) is 63.7. The number of benzene rings is 6. The zero-order chi connectivity index (χ0) is 81.7. The molecule has 1 unspecified atom stereocenters. The molecule has 6 aromatic carbocycles. The van der Waals surface area contributed by atoms with Gasteiger partial charge in [0.15, 0.2) is 70.3 Å². The van der Waals surface area contributed by atoms with Crippen molar-refractivity contribution in [2.75, 3.05) is 116 Å². The maximum Gasteiger partial charge on any atom is 0.296 e. The summed E-state index contributed by atoms with van der Waals surface area (Å²) in [5.41, 5.74) is 0.676. The third-order valence-corrected chi connectivity index (χ3v) is 19.6. The van der Waals surface area contributed by atoms with Gasteiger partial charge in [0.05, 0.1) is 149 Å². The quantitative estimate of drug-likeness (QED) is 0.0539. The molecule has 558 valence electrons. The second-order valence-electron chi connectivity index (χ2n) is 25.3. The number of alkyl halides is 6. The van der Waals surface area contributed by atoms with Crippen LogP contribution >= 0.6 is 34.8 Å². The molecule has 0 amide bonds. The maximum atomic E-state index is 15.1. The number of nitrogens with zero attached hydrogens (tertiary/aromatic N) is 9. The molecule has 9 heterocycles. The van der Waals surface area contributed by atoms with Crippen molar-refractivity contribution in [2.45, 2.75) is 80.4 Å². The monoisotopic (exact) mass is 1540 g/mol. The molecule has 6 saturated heterocycles. The van der Waals surface area contributed by atoms with Crippen LogP contribution in [0.4, 0.5) is 82.8 Å². The second-order valence-corrected chi connectivity index (χ2v) is 26.4. The molecule has 21 nitrogen and oxygen atoms in total. The Kier molecular flexibility index (Phi) is 18.8. The van der Waals surface area contributed by atoms with Crippen molar-refractivity contribution in [3.63, 3.8) is 0 Å². The minimum Gasteiger partial charge on any atom is -0.493 e. The minimum atomic E-state index is -3.26. The number of nitrogens with one attached hydrogen (secondary N) is 3. The number of fused-ring (bicyclic) bond motifs is 3. The number of ether oxygens (including phenoxy) is 9. The van der Waals surface area contributed by atoms with E-state index in [9.17, 15) is 22.0 Å². The molecular weight excluding hydrogens is 1470 g/mol. The van der Waals surface area contributed by atoms with Gasteiger partial charge < -0.3 is 58.6 Å². The highest BCUT2D eigenvalue weighted by Crippen LogP contribution is 2.45. The van der Waals surface area contributed by atoms with Crippen LogP contribution in [0, 0.1) is 36.0 Å².